The Morgan fingerprint density at radius 2 is 1.86 bits per heavy atom. The van der Waals surface area contributed by atoms with Crippen molar-refractivity contribution >= 4 is 0 Å². The van der Waals surface area contributed by atoms with Gasteiger partial charge >= 0.3 is 0 Å². The Bertz CT molecular complexity index is 328. The maximum Gasteiger partial charge on any atom is 0.0471 e. The van der Waals surface area contributed by atoms with Crippen LogP contribution < -0.4 is 0 Å². The van der Waals surface area contributed by atoms with Gasteiger partial charge in [-0.3, -0.25) is 0 Å². The topological polar surface area (TPSA) is 20.2 Å². The standard InChI is InChI=1S/C13H18O/c1-10-6-7-11(8-9-14)13-5-3-2-4-12(10)13/h6-7,14H,2-5,8-9H2,1H3. The molecule has 0 aromatic heterocycles. The summed E-state index contributed by atoms with van der Waals surface area (Å²) in [6.45, 7) is 2.47. The second-order valence-electron chi connectivity index (χ2n) is 4.18. The zero-order chi connectivity index (χ0) is 9.97. The van der Waals surface area contributed by atoms with Gasteiger partial charge in [-0.25, -0.2) is 0 Å². The maximum absolute atomic E-state index is 8.99. The minimum atomic E-state index is 0.273. The van der Waals surface area contributed by atoms with Crippen molar-refractivity contribution in [3.63, 3.8) is 0 Å². The van der Waals surface area contributed by atoms with Gasteiger partial charge in [-0.15, -0.1) is 0 Å². The third kappa shape index (κ3) is 1.69. The van der Waals surface area contributed by atoms with E-state index in [1.807, 2.05) is 0 Å². The Morgan fingerprint density at radius 3 is 2.57 bits per heavy atom. The highest BCUT2D eigenvalue weighted by Crippen LogP contribution is 2.27. The van der Waals surface area contributed by atoms with E-state index in [0.717, 1.165) is 6.42 Å². The number of aliphatic hydroxyl groups excluding tert-OH is 1. The van der Waals surface area contributed by atoms with Crippen molar-refractivity contribution in [2.24, 2.45) is 0 Å². The molecule has 0 fully saturated rings. The first-order valence-electron chi connectivity index (χ1n) is 5.54. The average molecular weight is 190 g/mol. The molecule has 14 heavy (non-hydrogen) atoms. The van der Waals surface area contributed by atoms with E-state index in [1.54, 1.807) is 5.56 Å². The summed E-state index contributed by atoms with van der Waals surface area (Å²) in [5.41, 5.74) is 5.89. The summed E-state index contributed by atoms with van der Waals surface area (Å²) in [5, 5.41) is 8.99. The largest absolute Gasteiger partial charge is 0.396 e. The highest BCUT2D eigenvalue weighted by atomic mass is 16.2. The van der Waals surface area contributed by atoms with Crippen LogP contribution in [-0.2, 0) is 19.3 Å². The molecule has 1 heteroatoms. The number of hydrogen-bond acceptors (Lipinski definition) is 1. The molecule has 2 rings (SSSR count). The molecule has 0 spiro atoms. The molecular formula is C13H18O. The van der Waals surface area contributed by atoms with E-state index in [4.69, 9.17) is 5.11 Å². The lowest BCUT2D eigenvalue weighted by atomic mass is 9.85. The molecule has 1 N–H and O–H groups in total. The molecular weight excluding hydrogens is 172 g/mol. The molecule has 0 saturated heterocycles. The van der Waals surface area contributed by atoms with Crippen LogP contribution in [0.1, 0.15) is 35.1 Å². The van der Waals surface area contributed by atoms with E-state index in [-0.39, 0.29) is 6.61 Å². The highest BCUT2D eigenvalue weighted by Gasteiger charge is 2.14. The van der Waals surface area contributed by atoms with Crippen LogP contribution in [0.5, 0.6) is 0 Å². The van der Waals surface area contributed by atoms with Crippen LogP contribution >= 0.6 is 0 Å². The van der Waals surface area contributed by atoms with Gasteiger partial charge in [-0.05, 0) is 61.3 Å². The summed E-state index contributed by atoms with van der Waals surface area (Å²) in [5.74, 6) is 0. The second kappa shape index (κ2) is 4.14. The SMILES string of the molecule is Cc1ccc(CCO)c2c1CCCC2. The number of hydrogen-bond donors (Lipinski definition) is 1. The molecule has 0 heterocycles. The van der Waals surface area contributed by atoms with Gasteiger partial charge in [-0.2, -0.15) is 0 Å². The van der Waals surface area contributed by atoms with Crippen molar-refractivity contribution in [3.05, 3.63) is 34.4 Å². The Kier molecular flexibility index (Phi) is 2.87. The molecule has 0 radical (unpaired) electrons. The fourth-order valence-electron chi connectivity index (χ4n) is 2.48. The Labute approximate surface area is 85.8 Å². The molecule has 1 aromatic rings. The number of rotatable bonds is 2. The summed E-state index contributed by atoms with van der Waals surface area (Å²) in [6.07, 6.45) is 5.92. The lowest BCUT2D eigenvalue weighted by molar-refractivity contribution is 0.299. The predicted molar refractivity (Wildman–Crippen MR) is 58.6 cm³/mol. The molecule has 0 amide bonds. The molecule has 0 bridgehead atoms. The van der Waals surface area contributed by atoms with Crippen molar-refractivity contribution in [2.75, 3.05) is 6.61 Å². The first-order valence-corrected chi connectivity index (χ1v) is 5.54. The summed E-state index contributed by atoms with van der Waals surface area (Å²) in [4.78, 5) is 0. The zero-order valence-corrected chi connectivity index (χ0v) is 8.84. The minimum absolute atomic E-state index is 0.273. The predicted octanol–water partition coefficient (Wildman–Crippen LogP) is 2.41. The van der Waals surface area contributed by atoms with Gasteiger partial charge in [0.1, 0.15) is 0 Å². The third-order valence-electron chi connectivity index (χ3n) is 3.25. The monoisotopic (exact) mass is 190 g/mol. The van der Waals surface area contributed by atoms with Crippen molar-refractivity contribution in [1.82, 2.24) is 0 Å². The Balaban J connectivity index is 2.42. The van der Waals surface area contributed by atoms with Crippen molar-refractivity contribution in [3.8, 4) is 0 Å². The van der Waals surface area contributed by atoms with Crippen LogP contribution in [-0.4, -0.2) is 11.7 Å². The number of aryl methyl sites for hydroxylation is 1. The van der Waals surface area contributed by atoms with Crippen LogP contribution in [0.4, 0.5) is 0 Å². The quantitative estimate of drug-likeness (QED) is 0.759. The van der Waals surface area contributed by atoms with Crippen molar-refractivity contribution in [1.29, 1.82) is 0 Å². The van der Waals surface area contributed by atoms with Gasteiger partial charge in [0.05, 0.1) is 0 Å². The summed E-state index contributed by atoms with van der Waals surface area (Å²) in [6, 6.07) is 4.39. The number of aliphatic hydroxyl groups is 1. The van der Waals surface area contributed by atoms with Crippen molar-refractivity contribution in [2.45, 2.75) is 39.0 Å². The zero-order valence-electron chi connectivity index (χ0n) is 8.84. The maximum atomic E-state index is 8.99. The third-order valence-corrected chi connectivity index (χ3v) is 3.25. The fraction of sp³-hybridized carbons (Fsp3) is 0.538. The van der Waals surface area contributed by atoms with E-state index < -0.39 is 0 Å². The number of fused-ring (bicyclic) bond motifs is 1. The summed E-state index contributed by atoms with van der Waals surface area (Å²) in [7, 11) is 0. The van der Waals surface area contributed by atoms with Crippen molar-refractivity contribution < 1.29 is 5.11 Å². The Hall–Kier alpha value is -0.820. The molecule has 0 aliphatic heterocycles. The molecule has 0 saturated carbocycles. The molecule has 1 aromatic carbocycles. The van der Waals surface area contributed by atoms with E-state index in [1.165, 1.54) is 42.4 Å². The van der Waals surface area contributed by atoms with E-state index in [2.05, 4.69) is 19.1 Å². The minimum Gasteiger partial charge on any atom is -0.396 e. The normalized spacial score (nSPS) is 15.3. The fourth-order valence-corrected chi connectivity index (χ4v) is 2.48. The summed E-state index contributed by atoms with van der Waals surface area (Å²) >= 11 is 0. The van der Waals surface area contributed by atoms with E-state index in [0.29, 0.717) is 0 Å². The first kappa shape index (κ1) is 9.72. The van der Waals surface area contributed by atoms with Gasteiger partial charge in [-0.1, -0.05) is 12.1 Å². The molecule has 76 valence electrons. The van der Waals surface area contributed by atoms with Crippen LogP contribution in [0.2, 0.25) is 0 Å². The van der Waals surface area contributed by atoms with Crippen LogP contribution in [0, 0.1) is 6.92 Å². The van der Waals surface area contributed by atoms with Crippen LogP contribution in [0.15, 0.2) is 12.1 Å². The van der Waals surface area contributed by atoms with Gasteiger partial charge < -0.3 is 5.11 Å². The summed E-state index contributed by atoms with van der Waals surface area (Å²) < 4.78 is 0. The van der Waals surface area contributed by atoms with Gasteiger partial charge in [0.15, 0.2) is 0 Å². The van der Waals surface area contributed by atoms with E-state index in [9.17, 15) is 0 Å². The van der Waals surface area contributed by atoms with Crippen LogP contribution in [0.3, 0.4) is 0 Å². The lowest BCUT2D eigenvalue weighted by Gasteiger charge is -2.21. The molecule has 0 unspecified atom stereocenters. The molecule has 0 atom stereocenters. The second-order valence-corrected chi connectivity index (χ2v) is 4.18. The van der Waals surface area contributed by atoms with E-state index >= 15 is 0 Å². The highest BCUT2D eigenvalue weighted by molar-refractivity contribution is 5.42. The van der Waals surface area contributed by atoms with Crippen LogP contribution in [0.25, 0.3) is 0 Å². The number of benzene rings is 1. The molecule has 1 aliphatic carbocycles. The first-order chi connectivity index (χ1) is 6.83. The Morgan fingerprint density at radius 1 is 1.14 bits per heavy atom. The van der Waals surface area contributed by atoms with Gasteiger partial charge in [0, 0.05) is 6.61 Å². The molecule has 1 nitrogen and oxygen atoms in total. The smallest absolute Gasteiger partial charge is 0.0471 e. The van der Waals surface area contributed by atoms with Gasteiger partial charge in [0.25, 0.3) is 0 Å². The average Bonchev–Trinajstić information content (AvgIpc) is 2.23. The van der Waals surface area contributed by atoms with Gasteiger partial charge in [0.2, 0.25) is 0 Å². The molecule has 1 aliphatic rings. The lowest BCUT2D eigenvalue weighted by Crippen LogP contribution is -2.09.